The van der Waals surface area contributed by atoms with E-state index in [0.29, 0.717) is 0 Å². The number of aliphatic carboxylic acids is 1. The number of phenols is 1. The molecule has 100 valence electrons. The normalized spacial score (nSPS) is 14.2. The van der Waals surface area contributed by atoms with Crippen LogP contribution in [0.4, 0.5) is 0 Å². The highest BCUT2D eigenvalue weighted by Gasteiger charge is 2.21. The molecule has 0 aliphatic heterocycles. The van der Waals surface area contributed by atoms with Gasteiger partial charge in [-0.2, -0.15) is 0 Å². The molecule has 0 amide bonds. The molecule has 2 aromatic rings. The summed E-state index contributed by atoms with van der Waals surface area (Å²) in [5.74, 6) is -0.959. The van der Waals surface area contributed by atoms with Gasteiger partial charge in [0.15, 0.2) is 0 Å². The molecule has 0 aliphatic rings. The van der Waals surface area contributed by atoms with E-state index in [9.17, 15) is 9.90 Å². The zero-order valence-electron chi connectivity index (χ0n) is 10.8. The highest BCUT2D eigenvalue weighted by Crippen LogP contribution is 2.36. The predicted molar refractivity (Wildman–Crippen MR) is 77.7 cm³/mol. The van der Waals surface area contributed by atoms with Gasteiger partial charge >= 0.3 is 5.97 Å². The van der Waals surface area contributed by atoms with Crippen molar-refractivity contribution in [2.45, 2.75) is 24.0 Å². The average Bonchev–Trinajstić information content (AvgIpc) is 2.41. The summed E-state index contributed by atoms with van der Waals surface area (Å²) in [6.07, 6.45) is 0. The fourth-order valence-corrected chi connectivity index (χ4v) is 3.03. The summed E-state index contributed by atoms with van der Waals surface area (Å²) in [7, 11) is 0. The summed E-state index contributed by atoms with van der Waals surface area (Å²) in [5.41, 5.74) is 0. The van der Waals surface area contributed by atoms with E-state index >= 15 is 0 Å². The molecule has 4 heteroatoms. The van der Waals surface area contributed by atoms with Crippen LogP contribution in [0.2, 0.25) is 0 Å². The fourth-order valence-electron chi connectivity index (χ4n) is 1.86. The summed E-state index contributed by atoms with van der Waals surface area (Å²) >= 11 is 1.53. The Hall–Kier alpha value is -1.68. The van der Waals surface area contributed by atoms with Crippen molar-refractivity contribution in [2.75, 3.05) is 0 Å². The minimum Gasteiger partial charge on any atom is -0.507 e. The van der Waals surface area contributed by atoms with Gasteiger partial charge in [-0.05, 0) is 17.5 Å². The molecule has 0 aliphatic carbocycles. The number of fused-ring (bicyclic) bond motifs is 1. The SMILES string of the molecule is CC(Sc1ccc(O)c2ccccc12)C(C)C(=O)O. The second-order valence-corrected chi connectivity index (χ2v) is 6.00. The molecule has 0 aromatic heterocycles. The molecule has 2 aromatic carbocycles. The van der Waals surface area contributed by atoms with Gasteiger partial charge in [0.2, 0.25) is 0 Å². The number of thioether (sulfide) groups is 1. The van der Waals surface area contributed by atoms with E-state index in [2.05, 4.69) is 0 Å². The lowest BCUT2D eigenvalue weighted by Crippen LogP contribution is -2.19. The van der Waals surface area contributed by atoms with E-state index in [1.54, 1.807) is 13.0 Å². The number of aromatic hydroxyl groups is 1. The largest absolute Gasteiger partial charge is 0.507 e. The van der Waals surface area contributed by atoms with Gasteiger partial charge in [0.25, 0.3) is 0 Å². The van der Waals surface area contributed by atoms with E-state index in [1.807, 2.05) is 37.3 Å². The van der Waals surface area contributed by atoms with Crippen LogP contribution in [0.5, 0.6) is 5.75 Å². The number of hydrogen-bond acceptors (Lipinski definition) is 3. The number of phenolic OH excluding ortho intramolecular Hbond substituents is 1. The van der Waals surface area contributed by atoms with Crippen LogP contribution in [-0.4, -0.2) is 21.4 Å². The molecule has 0 spiro atoms. The smallest absolute Gasteiger partial charge is 0.307 e. The first-order valence-electron chi connectivity index (χ1n) is 6.11. The Bertz CT molecular complexity index is 609. The molecule has 2 N–H and O–H groups in total. The number of rotatable bonds is 4. The van der Waals surface area contributed by atoms with Gasteiger partial charge in [0, 0.05) is 15.5 Å². The second-order valence-electron chi connectivity index (χ2n) is 4.58. The van der Waals surface area contributed by atoms with E-state index in [0.717, 1.165) is 15.7 Å². The Morgan fingerprint density at radius 3 is 2.37 bits per heavy atom. The van der Waals surface area contributed by atoms with Crippen molar-refractivity contribution in [3.05, 3.63) is 36.4 Å². The zero-order valence-corrected chi connectivity index (χ0v) is 11.6. The van der Waals surface area contributed by atoms with Gasteiger partial charge < -0.3 is 10.2 Å². The van der Waals surface area contributed by atoms with Crippen LogP contribution < -0.4 is 0 Å². The van der Waals surface area contributed by atoms with Gasteiger partial charge in [-0.1, -0.05) is 38.1 Å². The summed E-state index contributed by atoms with van der Waals surface area (Å²) in [5, 5.41) is 20.6. The van der Waals surface area contributed by atoms with Crippen molar-refractivity contribution in [3.63, 3.8) is 0 Å². The molecule has 0 bridgehead atoms. The van der Waals surface area contributed by atoms with Crippen molar-refractivity contribution < 1.29 is 15.0 Å². The summed E-state index contributed by atoms with van der Waals surface area (Å²) < 4.78 is 0. The Morgan fingerprint density at radius 2 is 1.74 bits per heavy atom. The molecule has 19 heavy (non-hydrogen) atoms. The van der Waals surface area contributed by atoms with Crippen molar-refractivity contribution in [1.82, 2.24) is 0 Å². The highest BCUT2D eigenvalue weighted by atomic mass is 32.2. The Kier molecular flexibility index (Phi) is 4.00. The van der Waals surface area contributed by atoms with Crippen LogP contribution >= 0.6 is 11.8 Å². The number of carboxylic acids is 1. The third kappa shape index (κ3) is 2.84. The van der Waals surface area contributed by atoms with E-state index in [1.165, 1.54) is 11.8 Å². The molecule has 0 saturated carbocycles. The molecule has 0 heterocycles. The number of benzene rings is 2. The summed E-state index contributed by atoms with van der Waals surface area (Å²) in [6, 6.07) is 11.1. The quantitative estimate of drug-likeness (QED) is 0.835. The molecular weight excluding hydrogens is 260 g/mol. The maximum absolute atomic E-state index is 11.0. The van der Waals surface area contributed by atoms with Crippen LogP contribution in [0.1, 0.15) is 13.8 Å². The lowest BCUT2D eigenvalue weighted by Gasteiger charge is -2.17. The van der Waals surface area contributed by atoms with Gasteiger partial charge in [0.05, 0.1) is 5.92 Å². The number of carbonyl (C=O) groups is 1. The second kappa shape index (κ2) is 5.53. The minimum absolute atomic E-state index is 0.0366. The monoisotopic (exact) mass is 276 g/mol. The molecule has 2 rings (SSSR count). The summed E-state index contributed by atoms with van der Waals surface area (Å²) in [4.78, 5) is 12.0. The first kappa shape index (κ1) is 13.7. The van der Waals surface area contributed by atoms with Crippen LogP contribution in [0, 0.1) is 5.92 Å². The Labute approximate surface area is 116 Å². The zero-order chi connectivity index (χ0) is 14.0. The fraction of sp³-hybridized carbons (Fsp3) is 0.267. The van der Waals surface area contributed by atoms with E-state index in [4.69, 9.17) is 5.11 Å². The molecular formula is C15H16O3S. The molecule has 2 unspecified atom stereocenters. The van der Waals surface area contributed by atoms with Gasteiger partial charge in [0.1, 0.15) is 5.75 Å². The number of hydrogen-bond donors (Lipinski definition) is 2. The third-order valence-electron chi connectivity index (χ3n) is 3.27. The number of carboxylic acid groups (broad SMARTS) is 1. The van der Waals surface area contributed by atoms with Crippen molar-refractivity contribution >= 4 is 28.5 Å². The first-order chi connectivity index (χ1) is 9.00. The minimum atomic E-state index is -0.789. The maximum Gasteiger partial charge on any atom is 0.307 e. The summed E-state index contributed by atoms with van der Waals surface area (Å²) in [6.45, 7) is 3.62. The molecule has 0 fully saturated rings. The standard InChI is InChI=1S/C15H16O3S/c1-9(15(17)18)10(2)19-14-8-7-13(16)11-5-3-4-6-12(11)14/h3-10,16H,1-2H3,(H,17,18). The highest BCUT2D eigenvalue weighted by molar-refractivity contribution is 8.00. The van der Waals surface area contributed by atoms with Crippen molar-refractivity contribution in [1.29, 1.82) is 0 Å². The van der Waals surface area contributed by atoms with Crippen LogP contribution in [0.3, 0.4) is 0 Å². The Morgan fingerprint density at radius 1 is 1.11 bits per heavy atom. The van der Waals surface area contributed by atoms with Crippen LogP contribution in [0.25, 0.3) is 10.8 Å². The molecule has 2 atom stereocenters. The van der Waals surface area contributed by atoms with Gasteiger partial charge in [-0.3, -0.25) is 4.79 Å². The lowest BCUT2D eigenvalue weighted by atomic mass is 10.1. The third-order valence-corrected chi connectivity index (χ3v) is 4.66. The van der Waals surface area contributed by atoms with E-state index in [-0.39, 0.29) is 11.0 Å². The first-order valence-corrected chi connectivity index (χ1v) is 6.99. The lowest BCUT2D eigenvalue weighted by molar-refractivity contribution is -0.140. The predicted octanol–water partition coefficient (Wildman–Crippen LogP) is 3.75. The maximum atomic E-state index is 11.0. The van der Waals surface area contributed by atoms with Gasteiger partial charge in [-0.25, -0.2) is 0 Å². The topological polar surface area (TPSA) is 57.5 Å². The van der Waals surface area contributed by atoms with Gasteiger partial charge in [-0.15, -0.1) is 11.8 Å². The van der Waals surface area contributed by atoms with Crippen molar-refractivity contribution in [3.8, 4) is 5.75 Å². The molecule has 3 nitrogen and oxygen atoms in total. The Balaban J connectivity index is 2.36. The van der Waals surface area contributed by atoms with Crippen LogP contribution in [0.15, 0.2) is 41.3 Å². The van der Waals surface area contributed by atoms with Crippen molar-refractivity contribution in [2.24, 2.45) is 5.92 Å². The van der Waals surface area contributed by atoms with E-state index < -0.39 is 11.9 Å². The molecule has 0 radical (unpaired) electrons. The molecule has 0 saturated heterocycles. The average molecular weight is 276 g/mol. The van der Waals surface area contributed by atoms with Crippen LogP contribution in [-0.2, 0) is 4.79 Å².